The lowest BCUT2D eigenvalue weighted by atomic mass is 10.1. The quantitative estimate of drug-likeness (QED) is 0.719. The fraction of sp³-hybridized carbons (Fsp3) is 0. The Morgan fingerprint density at radius 3 is 1.36 bits per heavy atom. The molecule has 0 aliphatic rings. The van der Waals surface area contributed by atoms with Gasteiger partial charge in [-0.2, -0.15) is 10.5 Å². The van der Waals surface area contributed by atoms with Crippen molar-refractivity contribution in [1.82, 2.24) is 0 Å². The van der Waals surface area contributed by atoms with Gasteiger partial charge < -0.3 is 10.2 Å². The molecule has 2 N–H and O–H groups in total. The van der Waals surface area contributed by atoms with E-state index in [9.17, 15) is 10.2 Å². The van der Waals surface area contributed by atoms with Crippen molar-refractivity contribution in [2.75, 3.05) is 0 Å². The van der Waals surface area contributed by atoms with Crippen molar-refractivity contribution in [1.29, 1.82) is 10.5 Å². The van der Waals surface area contributed by atoms with E-state index >= 15 is 0 Å². The molecule has 1 rings (SSSR count). The number of phenolic OH excluding ortho intramolecular Hbond substituents is 2. The summed E-state index contributed by atoms with van der Waals surface area (Å²) >= 11 is 5.83. The van der Waals surface area contributed by atoms with Gasteiger partial charge in [-0.3, -0.25) is 0 Å². The average Bonchev–Trinajstić information content (AvgIpc) is 2.17. The molecule has 0 amide bonds. The molecular formula is C8H2Br2N2O2. The third kappa shape index (κ3) is 1.43. The SMILES string of the molecule is N#Cc1c(O)c(Br)c(C#N)c(O)c1Br. The number of aromatic hydroxyl groups is 2. The molecule has 0 fully saturated rings. The van der Waals surface area contributed by atoms with Gasteiger partial charge in [-0.25, -0.2) is 0 Å². The Kier molecular flexibility index (Phi) is 3.00. The van der Waals surface area contributed by atoms with E-state index in [1.165, 1.54) is 0 Å². The van der Waals surface area contributed by atoms with Crippen molar-refractivity contribution in [2.45, 2.75) is 0 Å². The van der Waals surface area contributed by atoms with Gasteiger partial charge in [0.15, 0.2) is 0 Å². The molecule has 0 radical (unpaired) electrons. The highest BCUT2D eigenvalue weighted by Crippen LogP contribution is 2.42. The number of halogens is 2. The van der Waals surface area contributed by atoms with Gasteiger partial charge in [0.1, 0.15) is 34.8 Å². The summed E-state index contributed by atoms with van der Waals surface area (Å²) in [5, 5.41) is 36.2. The summed E-state index contributed by atoms with van der Waals surface area (Å²) in [6, 6.07) is 3.40. The number of nitriles is 2. The molecule has 0 aliphatic heterocycles. The van der Waals surface area contributed by atoms with Gasteiger partial charge in [0.25, 0.3) is 0 Å². The maximum absolute atomic E-state index is 9.45. The van der Waals surface area contributed by atoms with Crippen LogP contribution < -0.4 is 0 Å². The topological polar surface area (TPSA) is 88.0 Å². The second-order valence-electron chi connectivity index (χ2n) is 2.30. The number of nitrogens with zero attached hydrogens (tertiary/aromatic N) is 2. The average molecular weight is 318 g/mol. The molecule has 0 saturated heterocycles. The molecule has 14 heavy (non-hydrogen) atoms. The Hall–Kier alpha value is -1.24. The molecule has 0 aromatic heterocycles. The maximum Gasteiger partial charge on any atom is 0.150 e. The Labute approximate surface area is 96.3 Å². The zero-order chi connectivity index (χ0) is 10.9. The van der Waals surface area contributed by atoms with Crippen LogP contribution in [0, 0.1) is 22.7 Å². The van der Waals surface area contributed by atoms with Gasteiger partial charge in [0.05, 0.1) is 8.95 Å². The van der Waals surface area contributed by atoms with E-state index in [1.54, 1.807) is 12.1 Å². The van der Waals surface area contributed by atoms with Gasteiger partial charge in [-0.05, 0) is 31.9 Å². The van der Waals surface area contributed by atoms with E-state index in [-0.39, 0.29) is 31.6 Å². The van der Waals surface area contributed by atoms with Crippen molar-refractivity contribution >= 4 is 31.9 Å². The minimum Gasteiger partial charge on any atom is -0.505 e. The molecule has 0 saturated carbocycles. The van der Waals surface area contributed by atoms with E-state index in [0.717, 1.165) is 0 Å². The maximum atomic E-state index is 9.45. The van der Waals surface area contributed by atoms with Crippen molar-refractivity contribution < 1.29 is 10.2 Å². The predicted octanol–water partition coefficient (Wildman–Crippen LogP) is 2.37. The van der Waals surface area contributed by atoms with E-state index < -0.39 is 0 Å². The number of rotatable bonds is 0. The first-order valence-corrected chi connectivity index (χ1v) is 4.86. The molecule has 0 spiro atoms. The van der Waals surface area contributed by atoms with Crippen LogP contribution in [-0.4, -0.2) is 10.2 Å². The summed E-state index contributed by atoms with van der Waals surface area (Å²) in [5.41, 5.74) is -0.234. The van der Waals surface area contributed by atoms with Crippen LogP contribution in [0.1, 0.15) is 11.1 Å². The van der Waals surface area contributed by atoms with Gasteiger partial charge >= 0.3 is 0 Å². The van der Waals surface area contributed by atoms with Crippen LogP contribution in [0.2, 0.25) is 0 Å². The number of phenols is 2. The molecule has 1 aromatic rings. The van der Waals surface area contributed by atoms with Crippen LogP contribution in [-0.2, 0) is 0 Å². The largest absolute Gasteiger partial charge is 0.505 e. The Balaban J connectivity index is 3.77. The summed E-state index contributed by atoms with van der Waals surface area (Å²) in [6.07, 6.45) is 0. The molecular weight excluding hydrogens is 316 g/mol. The van der Waals surface area contributed by atoms with Crippen LogP contribution in [0.3, 0.4) is 0 Å². The summed E-state index contributed by atoms with van der Waals surface area (Å²) in [7, 11) is 0. The van der Waals surface area contributed by atoms with Crippen LogP contribution in [0.15, 0.2) is 8.95 Å². The Morgan fingerprint density at radius 1 is 0.857 bits per heavy atom. The third-order valence-corrected chi connectivity index (χ3v) is 3.10. The van der Waals surface area contributed by atoms with Crippen LogP contribution in [0.4, 0.5) is 0 Å². The zero-order valence-corrected chi connectivity index (χ0v) is 9.72. The second kappa shape index (κ2) is 3.87. The van der Waals surface area contributed by atoms with E-state index in [4.69, 9.17) is 10.5 Å². The highest BCUT2D eigenvalue weighted by atomic mass is 79.9. The monoisotopic (exact) mass is 316 g/mol. The van der Waals surface area contributed by atoms with E-state index in [2.05, 4.69) is 31.9 Å². The lowest BCUT2D eigenvalue weighted by Gasteiger charge is -2.06. The molecule has 70 valence electrons. The number of hydrogen-bond acceptors (Lipinski definition) is 4. The van der Waals surface area contributed by atoms with Gasteiger partial charge in [0, 0.05) is 0 Å². The first-order chi connectivity index (χ1) is 6.54. The van der Waals surface area contributed by atoms with Crippen LogP contribution in [0.25, 0.3) is 0 Å². The fourth-order valence-electron chi connectivity index (χ4n) is 0.868. The highest BCUT2D eigenvalue weighted by Gasteiger charge is 2.20. The normalized spacial score (nSPS) is 9.14. The van der Waals surface area contributed by atoms with Crippen molar-refractivity contribution in [3.8, 4) is 23.6 Å². The van der Waals surface area contributed by atoms with E-state index in [0.29, 0.717) is 0 Å². The summed E-state index contributed by atoms with van der Waals surface area (Å²) in [4.78, 5) is 0. The predicted molar refractivity (Wildman–Crippen MR) is 54.6 cm³/mol. The molecule has 0 bridgehead atoms. The van der Waals surface area contributed by atoms with Crippen molar-refractivity contribution in [3.63, 3.8) is 0 Å². The molecule has 0 atom stereocenters. The summed E-state index contributed by atoms with van der Waals surface area (Å²) in [5.74, 6) is -0.734. The minimum absolute atomic E-state index is 0.0113. The highest BCUT2D eigenvalue weighted by molar-refractivity contribution is 9.11. The van der Waals surface area contributed by atoms with E-state index in [1.807, 2.05) is 0 Å². The first-order valence-electron chi connectivity index (χ1n) is 3.27. The number of benzene rings is 1. The fourth-order valence-corrected chi connectivity index (χ4v) is 1.82. The van der Waals surface area contributed by atoms with Crippen LogP contribution in [0.5, 0.6) is 11.5 Å². The Bertz CT molecular complexity index is 412. The first kappa shape index (κ1) is 10.8. The molecule has 0 heterocycles. The smallest absolute Gasteiger partial charge is 0.150 e. The molecule has 1 aromatic carbocycles. The second-order valence-corrected chi connectivity index (χ2v) is 3.88. The molecule has 4 nitrogen and oxygen atoms in total. The lowest BCUT2D eigenvalue weighted by Crippen LogP contribution is -1.88. The van der Waals surface area contributed by atoms with Crippen molar-refractivity contribution in [2.24, 2.45) is 0 Å². The minimum atomic E-state index is -0.367. The zero-order valence-electron chi connectivity index (χ0n) is 6.54. The van der Waals surface area contributed by atoms with Crippen molar-refractivity contribution in [3.05, 3.63) is 20.1 Å². The number of hydrogen-bond donors (Lipinski definition) is 2. The lowest BCUT2D eigenvalue weighted by molar-refractivity contribution is 0.451. The van der Waals surface area contributed by atoms with Gasteiger partial charge in [-0.15, -0.1) is 0 Å². The Morgan fingerprint density at radius 2 is 1.14 bits per heavy atom. The third-order valence-electron chi connectivity index (χ3n) is 1.55. The summed E-state index contributed by atoms with van der Waals surface area (Å²) in [6.45, 7) is 0. The van der Waals surface area contributed by atoms with Crippen LogP contribution >= 0.6 is 31.9 Å². The standard InChI is InChI=1S/C8H2Br2N2O2/c9-5-3(1-11)7(13)6(10)4(2-12)8(5)14/h13-14H. The van der Waals surface area contributed by atoms with Gasteiger partial charge in [0.2, 0.25) is 0 Å². The molecule has 0 unspecified atom stereocenters. The molecule has 0 aliphatic carbocycles. The molecule has 6 heteroatoms. The van der Waals surface area contributed by atoms with Gasteiger partial charge in [-0.1, -0.05) is 0 Å². The summed E-state index contributed by atoms with van der Waals surface area (Å²) < 4.78 is 0.0227.